The first-order valence-electron chi connectivity index (χ1n) is 4.52. The Labute approximate surface area is 85.5 Å². The molecule has 0 aromatic rings. The highest BCUT2D eigenvalue weighted by atomic mass is 32.2. The predicted molar refractivity (Wildman–Crippen MR) is 54.5 cm³/mol. The molecule has 0 aliphatic heterocycles. The first kappa shape index (κ1) is 13.8. The number of hydrogen-bond donors (Lipinski definition) is 2. The average Bonchev–Trinajstić information content (AvgIpc) is 2.12. The molecule has 2 N–H and O–H groups in total. The quantitative estimate of drug-likeness (QED) is 0.616. The molecule has 0 radical (unpaired) electrons. The van der Waals surface area contributed by atoms with Crippen molar-refractivity contribution in [2.75, 3.05) is 26.1 Å². The van der Waals surface area contributed by atoms with Crippen LogP contribution >= 0.6 is 0 Å². The molecular weight excluding hydrogens is 206 g/mol. The molecule has 0 aliphatic rings. The summed E-state index contributed by atoms with van der Waals surface area (Å²) in [6.07, 6.45) is 0. The molecule has 86 valence electrons. The van der Waals surface area contributed by atoms with E-state index in [1.54, 1.807) is 13.8 Å². The van der Waals surface area contributed by atoms with Crippen molar-refractivity contribution in [1.29, 1.82) is 0 Å². The van der Waals surface area contributed by atoms with Gasteiger partial charge in [0.25, 0.3) is 0 Å². The van der Waals surface area contributed by atoms with Crippen molar-refractivity contribution >= 4 is 10.0 Å². The van der Waals surface area contributed by atoms with Crippen LogP contribution in [0.15, 0.2) is 0 Å². The van der Waals surface area contributed by atoms with Crippen molar-refractivity contribution in [3.63, 3.8) is 0 Å². The van der Waals surface area contributed by atoms with E-state index in [4.69, 9.17) is 5.11 Å². The van der Waals surface area contributed by atoms with Crippen molar-refractivity contribution < 1.29 is 18.3 Å². The van der Waals surface area contributed by atoms with Gasteiger partial charge in [-0.25, -0.2) is 13.1 Å². The molecule has 0 aromatic carbocycles. The zero-order valence-electron chi connectivity index (χ0n) is 8.86. The van der Waals surface area contributed by atoms with Gasteiger partial charge in [-0.3, -0.25) is 0 Å². The van der Waals surface area contributed by atoms with Crippen LogP contribution < -0.4 is 4.72 Å². The zero-order valence-corrected chi connectivity index (χ0v) is 9.67. The number of aliphatic hydroxyl groups is 1. The van der Waals surface area contributed by atoms with Gasteiger partial charge in [-0.1, -0.05) is 6.92 Å². The standard InChI is InChI=1S/C8H19NO4S/c1-7(6-10)8(2)9-14(11,12)5-4-13-3/h7-10H,4-6H2,1-3H3. The van der Waals surface area contributed by atoms with Crippen molar-refractivity contribution in [2.45, 2.75) is 19.9 Å². The van der Waals surface area contributed by atoms with Crippen LogP contribution in [0.5, 0.6) is 0 Å². The Balaban J connectivity index is 4.08. The minimum atomic E-state index is -3.28. The lowest BCUT2D eigenvalue weighted by Crippen LogP contribution is -2.40. The fourth-order valence-electron chi connectivity index (χ4n) is 0.809. The van der Waals surface area contributed by atoms with Crippen molar-refractivity contribution in [2.24, 2.45) is 5.92 Å². The maximum atomic E-state index is 11.3. The van der Waals surface area contributed by atoms with Crippen LogP contribution in [-0.4, -0.2) is 45.6 Å². The average molecular weight is 225 g/mol. The highest BCUT2D eigenvalue weighted by molar-refractivity contribution is 7.89. The molecule has 0 bridgehead atoms. The summed E-state index contributed by atoms with van der Waals surface area (Å²) in [5.74, 6) is -0.140. The second-order valence-corrected chi connectivity index (χ2v) is 5.25. The van der Waals surface area contributed by atoms with Crippen molar-refractivity contribution in [1.82, 2.24) is 4.72 Å². The number of rotatable bonds is 7. The predicted octanol–water partition coefficient (Wildman–Crippen LogP) is -0.431. The van der Waals surface area contributed by atoms with Crippen molar-refractivity contribution in [3.05, 3.63) is 0 Å². The first-order chi connectivity index (χ1) is 6.43. The number of hydrogen-bond acceptors (Lipinski definition) is 4. The Morgan fingerprint density at radius 2 is 2.00 bits per heavy atom. The van der Waals surface area contributed by atoms with E-state index in [2.05, 4.69) is 9.46 Å². The van der Waals surface area contributed by atoms with Crippen LogP contribution in [0.3, 0.4) is 0 Å². The van der Waals surface area contributed by atoms with Gasteiger partial charge in [0, 0.05) is 19.8 Å². The van der Waals surface area contributed by atoms with E-state index in [-0.39, 0.29) is 30.9 Å². The van der Waals surface area contributed by atoms with E-state index in [1.165, 1.54) is 7.11 Å². The largest absolute Gasteiger partial charge is 0.396 e. The number of ether oxygens (including phenoxy) is 1. The van der Waals surface area contributed by atoms with Crippen LogP contribution in [0, 0.1) is 5.92 Å². The van der Waals surface area contributed by atoms with Gasteiger partial charge < -0.3 is 9.84 Å². The van der Waals surface area contributed by atoms with E-state index in [0.29, 0.717) is 0 Å². The van der Waals surface area contributed by atoms with E-state index >= 15 is 0 Å². The van der Waals surface area contributed by atoms with Gasteiger partial charge in [-0.05, 0) is 12.8 Å². The molecule has 6 heteroatoms. The van der Waals surface area contributed by atoms with E-state index in [0.717, 1.165) is 0 Å². The SMILES string of the molecule is COCCS(=O)(=O)NC(C)C(C)CO. The lowest BCUT2D eigenvalue weighted by atomic mass is 10.1. The summed E-state index contributed by atoms with van der Waals surface area (Å²) in [6.45, 7) is 3.65. The molecule has 2 unspecified atom stereocenters. The molecule has 5 nitrogen and oxygen atoms in total. The smallest absolute Gasteiger partial charge is 0.214 e. The van der Waals surface area contributed by atoms with Gasteiger partial charge in [0.1, 0.15) is 0 Å². The van der Waals surface area contributed by atoms with Gasteiger partial charge in [-0.2, -0.15) is 0 Å². The van der Waals surface area contributed by atoms with E-state index in [9.17, 15) is 8.42 Å². The molecule has 0 aromatic heterocycles. The van der Waals surface area contributed by atoms with E-state index < -0.39 is 10.0 Å². The highest BCUT2D eigenvalue weighted by Crippen LogP contribution is 2.02. The summed E-state index contributed by atoms with van der Waals surface area (Å²) >= 11 is 0. The molecule has 0 spiro atoms. The molecule has 0 rings (SSSR count). The third-order valence-electron chi connectivity index (χ3n) is 2.06. The molecule has 0 aliphatic carbocycles. The van der Waals surface area contributed by atoms with Crippen LogP contribution in [0.4, 0.5) is 0 Å². The third kappa shape index (κ3) is 5.54. The molecule has 0 saturated carbocycles. The Morgan fingerprint density at radius 1 is 1.43 bits per heavy atom. The zero-order chi connectivity index (χ0) is 11.2. The first-order valence-corrected chi connectivity index (χ1v) is 6.18. The molecular formula is C8H19NO4S. The van der Waals surface area contributed by atoms with E-state index in [1.807, 2.05) is 0 Å². The number of aliphatic hydroxyl groups excluding tert-OH is 1. The Hall–Kier alpha value is -0.170. The van der Waals surface area contributed by atoms with Gasteiger partial charge in [0.05, 0.1) is 12.4 Å². The van der Waals surface area contributed by atoms with Gasteiger partial charge in [-0.15, -0.1) is 0 Å². The second kappa shape index (κ2) is 6.34. The highest BCUT2D eigenvalue weighted by Gasteiger charge is 2.18. The van der Waals surface area contributed by atoms with Crippen LogP contribution in [0.25, 0.3) is 0 Å². The topological polar surface area (TPSA) is 75.6 Å². The number of sulfonamides is 1. The van der Waals surface area contributed by atoms with Gasteiger partial charge in [0.15, 0.2) is 0 Å². The van der Waals surface area contributed by atoms with Crippen molar-refractivity contribution in [3.8, 4) is 0 Å². The summed E-state index contributed by atoms with van der Waals surface area (Å²) in [5, 5.41) is 8.82. The summed E-state index contributed by atoms with van der Waals surface area (Å²) < 4.78 is 29.8. The summed E-state index contributed by atoms with van der Waals surface area (Å²) in [6, 6.07) is -0.262. The second-order valence-electron chi connectivity index (χ2n) is 3.38. The summed E-state index contributed by atoms with van der Waals surface area (Å²) in [4.78, 5) is 0. The minimum absolute atomic E-state index is 0.0338. The number of nitrogens with one attached hydrogen (secondary N) is 1. The Morgan fingerprint density at radius 3 is 2.43 bits per heavy atom. The lowest BCUT2D eigenvalue weighted by molar-refractivity contribution is 0.212. The third-order valence-corrected chi connectivity index (χ3v) is 3.50. The normalized spacial score (nSPS) is 16.6. The summed E-state index contributed by atoms with van der Waals surface area (Å²) in [5.41, 5.74) is 0. The lowest BCUT2D eigenvalue weighted by Gasteiger charge is -2.18. The summed E-state index contributed by atoms with van der Waals surface area (Å²) in [7, 11) is -1.83. The Bertz CT molecular complexity index is 240. The van der Waals surface area contributed by atoms with Crippen LogP contribution in [0.2, 0.25) is 0 Å². The maximum Gasteiger partial charge on any atom is 0.214 e. The molecule has 2 atom stereocenters. The molecule has 14 heavy (non-hydrogen) atoms. The fourth-order valence-corrected chi connectivity index (χ4v) is 2.11. The monoisotopic (exact) mass is 225 g/mol. The van der Waals surface area contributed by atoms with Crippen LogP contribution in [-0.2, 0) is 14.8 Å². The Kier molecular flexibility index (Phi) is 6.26. The maximum absolute atomic E-state index is 11.3. The molecule has 0 saturated heterocycles. The molecule has 0 fully saturated rings. The molecule has 0 heterocycles. The molecule has 0 amide bonds. The van der Waals surface area contributed by atoms with Gasteiger partial charge in [0.2, 0.25) is 10.0 Å². The fraction of sp³-hybridized carbons (Fsp3) is 1.00. The minimum Gasteiger partial charge on any atom is -0.396 e. The van der Waals surface area contributed by atoms with Crippen LogP contribution in [0.1, 0.15) is 13.8 Å². The van der Waals surface area contributed by atoms with Gasteiger partial charge >= 0.3 is 0 Å². The number of methoxy groups -OCH3 is 1.